The van der Waals surface area contributed by atoms with Gasteiger partial charge in [-0.2, -0.15) is 0 Å². The Bertz CT molecular complexity index is 529. The molecule has 1 nitrogen and oxygen atoms in total. The van der Waals surface area contributed by atoms with Crippen LogP contribution < -0.4 is 0 Å². The number of rotatable bonds is 1. The molecule has 2 aliphatic rings. The lowest BCUT2D eigenvalue weighted by atomic mass is 9.64. The van der Waals surface area contributed by atoms with E-state index in [4.69, 9.17) is 0 Å². The van der Waals surface area contributed by atoms with E-state index in [1.54, 1.807) is 0 Å². The quantitative estimate of drug-likeness (QED) is 0.756. The van der Waals surface area contributed by atoms with Gasteiger partial charge in [0, 0.05) is 0 Å². The van der Waals surface area contributed by atoms with Gasteiger partial charge >= 0.3 is 0 Å². The van der Waals surface area contributed by atoms with E-state index in [9.17, 15) is 5.11 Å². The topological polar surface area (TPSA) is 20.2 Å². The third-order valence-electron chi connectivity index (χ3n) is 6.64. The van der Waals surface area contributed by atoms with Gasteiger partial charge in [0.1, 0.15) is 5.75 Å². The van der Waals surface area contributed by atoms with Crippen molar-refractivity contribution in [2.45, 2.75) is 59.8 Å². The Balaban J connectivity index is 2.11. The van der Waals surface area contributed by atoms with Gasteiger partial charge in [-0.1, -0.05) is 38.5 Å². The van der Waals surface area contributed by atoms with Crippen molar-refractivity contribution in [2.75, 3.05) is 0 Å². The first-order chi connectivity index (χ1) is 8.77. The maximum Gasteiger partial charge on any atom is 0.121 e. The molecule has 1 aromatic rings. The van der Waals surface area contributed by atoms with Crippen LogP contribution in [0, 0.1) is 30.6 Å². The second-order valence-electron chi connectivity index (χ2n) is 7.68. The first-order valence-electron chi connectivity index (χ1n) is 7.57. The van der Waals surface area contributed by atoms with Crippen LogP contribution in [0.3, 0.4) is 0 Å². The molecule has 19 heavy (non-hydrogen) atoms. The number of aromatic hydroxyl groups is 1. The van der Waals surface area contributed by atoms with Gasteiger partial charge in [-0.05, 0) is 66.9 Å². The molecule has 0 heterocycles. The van der Waals surface area contributed by atoms with Crippen LogP contribution in [0.25, 0.3) is 0 Å². The SMILES string of the molecule is Cc1cc(C)c(O)c(C2CC3CCC2(C)C3(C)C)c1. The average Bonchev–Trinajstić information content (AvgIpc) is 2.66. The minimum atomic E-state index is 0.343. The molecule has 2 aliphatic carbocycles. The number of phenolic OH excluding ortho intramolecular Hbond substituents is 1. The summed E-state index contributed by atoms with van der Waals surface area (Å²) in [6.45, 7) is 11.5. The third kappa shape index (κ3) is 1.53. The van der Waals surface area contributed by atoms with Gasteiger partial charge < -0.3 is 5.11 Å². The summed E-state index contributed by atoms with van der Waals surface area (Å²) in [5, 5.41) is 10.5. The fourth-order valence-corrected chi connectivity index (χ4v) is 4.93. The van der Waals surface area contributed by atoms with Gasteiger partial charge in [0.05, 0.1) is 0 Å². The highest BCUT2D eigenvalue weighted by molar-refractivity contribution is 5.46. The fourth-order valence-electron chi connectivity index (χ4n) is 4.93. The summed E-state index contributed by atoms with van der Waals surface area (Å²) in [7, 11) is 0. The van der Waals surface area contributed by atoms with Gasteiger partial charge in [-0.15, -0.1) is 0 Å². The molecule has 0 spiro atoms. The molecule has 3 rings (SSSR count). The zero-order valence-corrected chi connectivity index (χ0v) is 12.9. The Morgan fingerprint density at radius 3 is 2.37 bits per heavy atom. The van der Waals surface area contributed by atoms with Gasteiger partial charge in [-0.25, -0.2) is 0 Å². The molecule has 1 aromatic carbocycles. The van der Waals surface area contributed by atoms with E-state index in [1.807, 2.05) is 6.92 Å². The van der Waals surface area contributed by atoms with Crippen LogP contribution in [0.4, 0.5) is 0 Å². The number of benzene rings is 1. The lowest BCUT2D eigenvalue weighted by Crippen LogP contribution is -2.31. The highest BCUT2D eigenvalue weighted by atomic mass is 16.3. The largest absolute Gasteiger partial charge is 0.507 e. The van der Waals surface area contributed by atoms with E-state index in [-0.39, 0.29) is 0 Å². The van der Waals surface area contributed by atoms with E-state index in [0.29, 0.717) is 22.5 Å². The molecule has 2 saturated carbocycles. The molecule has 3 unspecified atom stereocenters. The molecule has 0 aliphatic heterocycles. The monoisotopic (exact) mass is 258 g/mol. The van der Waals surface area contributed by atoms with Gasteiger partial charge in [0.15, 0.2) is 0 Å². The Morgan fingerprint density at radius 2 is 1.84 bits per heavy atom. The van der Waals surface area contributed by atoms with Crippen molar-refractivity contribution in [1.82, 2.24) is 0 Å². The summed E-state index contributed by atoms with van der Waals surface area (Å²) < 4.78 is 0. The van der Waals surface area contributed by atoms with Crippen LogP contribution in [-0.4, -0.2) is 5.11 Å². The van der Waals surface area contributed by atoms with Crippen LogP contribution in [0.2, 0.25) is 0 Å². The molecule has 0 radical (unpaired) electrons. The molecule has 1 N–H and O–H groups in total. The van der Waals surface area contributed by atoms with Crippen LogP contribution in [0.5, 0.6) is 5.75 Å². The molecule has 104 valence electrons. The van der Waals surface area contributed by atoms with Gasteiger partial charge in [-0.3, -0.25) is 0 Å². The number of aryl methyl sites for hydroxylation is 2. The molecule has 0 amide bonds. The molecule has 0 saturated heterocycles. The maximum atomic E-state index is 10.5. The average molecular weight is 258 g/mol. The Labute approximate surface area is 117 Å². The van der Waals surface area contributed by atoms with Crippen molar-refractivity contribution >= 4 is 0 Å². The second-order valence-corrected chi connectivity index (χ2v) is 7.68. The number of hydrogen-bond acceptors (Lipinski definition) is 1. The zero-order valence-electron chi connectivity index (χ0n) is 12.9. The smallest absolute Gasteiger partial charge is 0.121 e. The minimum Gasteiger partial charge on any atom is -0.507 e. The normalized spacial score (nSPS) is 35.8. The van der Waals surface area contributed by atoms with Crippen LogP contribution >= 0.6 is 0 Å². The van der Waals surface area contributed by atoms with Crippen LogP contribution in [-0.2, 0) is 0 Å². The van der Waals surface area contributed by atoms with Crippen LogP contribution in [0.1, 0.15) is 62.6 Å². The van der Waals surface area contributed by atoms with Crippen molar-refractivity contribution in [3.8, 4) is 5.75 Å². The van der Waals surface area contributed by atoms with E-state index in [1.165, 1.54) is 30.4 Å². The summed E-state index contributed by atoms with van der Waals surface area (Å²) in [5.41, 5.74) is 4.25. The van der Waals surface area contributed by atoms with Gasteiger partial charge in [0.2, 0.25) is 0 Å². The molecule has 2 fully saturated rings. The Morgan fingerprint density at radius 1 is 1.16 bits per heavy atom. The Kier molecular flexibility index (Phi) is 2.59. The highest BCUT2D eigenvalue weighted by Crippen LogP contribution is 2.71. The summed E-state index contributed by atoms with van der Waals surface area (Å²) in [5.74, 6) is 1.89. The van der Waals surface area contributed by atoms with Crippen molar-refractivity contribution in [3.63, 3.8) is 0 Å². The predicted octanol–water partition coefficient (Wildman–Crippen LogP) is 4.94. The molecule has 2 bridgehead atoms. The number of phenols is 1. The van der Waals surface area contributed by atoms with E-state index >= 15 is 0 Å². The predicted molar refractivity (Wildman–Crippen MR) is 79.6 cm³/mol. The maximum absolute atomic E-state index is 10.5. The lowest BCUT2D eigenvalue weighted by molar-refractivity contribution is 0.133. The number of fused-ring (bicyclic) bond motifs is 2. The van der Waals surface area contributed by atoms with Crippen molar-refractivity contribution in [3.05, 3.63) is 28.8 Å². The van der Waals surface area contributed by atoms with Crippen molar-refractivity contribution in [2.24, 2.45) is 16.7 Å². The summed E-state index contributed by atoms with van der Waals surface area (Å²) >= 11 is 0. The van der Waals surface area contributed by atoms with Crippen LogP contribution in [0.15, 0.2) is 12.1 Å². The summed E-state index contributed by atoms with van der Waals surface area (Å²) in [4.78, 5) is 0. The first-order valence-corrected chi connectivity index (χ1v) is 7.57. The Hall–Kier alpha value is -0.980. The third-order valence-corrected chi connectivity index (χ3v) is 6.64. The zero-order chi connectivity index (χ0) is 14.0. The van der Waals surface area contributed by atoms with E-state index < -0.39 is 0 Å². The second kappa shape index (κ2) is 3.77. The van der Waals surface area contributed by atoms with E-state index in [0.717, 1.165) is 11.5 Å². The van der Waals surface area contributed by atoms with E-state index in [2.05, 4.69) is 39.8 Å². The molecular formula is C18H26O. The first kappa shape index (κ1) is 13.0. The minimum absolute atomic E-state index is 0.343. The van der Waals surface area contributed by atoms with Crippen molar-refractivity contribution < 1.29 is 5.11 Å². The molecule has 0 aromatic heterocycles. The standard InChI is InChI=1S/C18H26O/c1-11-8-12(2)16(19)14(9-11)15-10-13-6-7-18(15,5)17(13,3)4/h8-9,13,15,19H,6-7,10H2,1-5H3. The molecule has 1 heteroatoms. The summed E-state index contributed by atoms with van der Waals surface area (Å²) in [6.07, 6.45) is 3.92. The number of hydrogen-bond donors (Lipinski definition) is 1. The van der Waals surface area contributed by atoms with Crippen molar-refractivity contribution in [1.29, 1.82) is 0 Å². The molecular weight excluding hydrogens is 232 g/mol. The molecule has 3 atom stereocenters. The fraction of sp³-hybridized carbons (Fsp3) is 0.667. The highest BCUT2D eigenvalue weighted by Gasteiger charge is 2.61. The lowest BCUT2D eigenvalue weighted by Gasteiger charge is -2.40. The summed E-state index contributed by atoms with van der Waals surface area (Å²) in [6, 6.07) is 4.30. The van der Waals surface area contributed by atoms with Gasteiger partial charge in [0.25, 0.3) is 0 Å².